The Labute approximate surface area is 138 Å². The van der Waals surface area contributed by atoms with Gasteiger partial charge < -0.3 is 10.6 Å². The number of aromatic nitrogens is 2. The maximum absolute atomic E-state index is 13.6. The van der Waals surface area contributed by atoms with E-state index >= 15 is 0 Å². The summed E-state index contributed by atoms with van der Waals surface area (Å²) < 4.78 is 13.6. The second kappa shape index (κ2) is 7.32. The summed E-state index contributed by atoms with van der Waals surface area (Å²) in [6.07, 6.45) is 6.50. The summed E-state index contributed by atoms with van der Waals surface area (Å²) in [6.45, 7) is 0.586. The predicted octanol–water partition coefficient (Wildman–Crippen LogP) is 3.48. The number of hydrogen-bond acceptors (Lipinski definition) is 4. The SMILES string of the molecule is O=C(Nc1ccccc1F)c1cncc(NCc2ccncc2)c1. The van der Waals surface area contributed by atoms with Crippen LogP contribution in [0, 0.1) is 5.82 Å². The number of halogens is 1. The van der Waals surface area contributed by atoms with Crippen LogP contribution in [-0.4, -0.2) is 15.9 Å². The maximum Gasteiger partial charge on any atom is 0.257 e. The number of carbonyl (C=O) groups is 1. The molecule has 5 nitrogen and oxygen atoms in total. The molecular formula is C18H15FN4O. The molecule has 0 aliphatic carbocycles. The van der Waals surface area contributed by atoms with Gasteiger partial charge in [-0.25, -0.2) is 4.39 Å². The number of hydrogen-bond donors (Lipinski definition) is 2. The van der Waals surface area contributed by atoms with Gasteiger partial charge >= 0.3 is 0 Å². The van der Waals surface area contributed by atoms with E-state index in [0.717, 1.165) is 5.56 Å². The molecule has 0 fully saturated rings. The first-order chi connectivity index (χ1) is 11.7. The minimum Gasteiger partial charge on any atom is -0.380 e. The summed E-state index contributed by atoms with van der Waals surface area (Å²) in [6, 6.07) is 11.5. The third-order valence-electron chi connectivity index (χ3n) is 3.37. The van der Waals surface area contributed by atoms with Crippen LogP contribution in [0.1, 0.15) is 15.9 Å². The Hall–Kier alpha value is -3.28. The Morgan fingerprint density at radius 3 is 2.62 bits per heavy atom. The standard InChI is InChI=1S/C18H15FN4O/c19-16-3-1-2-4-17(16)23-18(24)14-9-15(12-21-11-14)22-10-13-5-7-20-8-6-13/h1-9,11-12,22H,10H2,(H,23,24). The minimum atomic E-state index is -0.481. The van der Waals surface area contributed by atoms with Gasteiger partial charge in [0.25, 0.3) is 5.91 Å². The molecule has 0 radical (unpaired) electrons. The largest absolute Gasteiger partial charge is 0.380 e. The Balaban J connectivity index is 1.68. The summed E-state index contributed by atoms with van der Waals surface area (Å²) in [5.74, 6) is -0.897. The van der Waals surface area contributed by atoms with Gasteiger partial charge in [0.2, 0.25) is 0 Å². The number of nitrogens with one attached hydrogen (secondary N) is 2. The Morgan fingerprint density at radius 1 is 1.04 bits per heavy atom. The van der Waals surface area contributed by atoms with Gasteiger partial charge in [0.1, 0.15) is 5.82 Å². The molecule has 3 rings (SSSR count). The van der Waals surface area contributed by atoms with Gasteiger partial charge in [-0.2, -0.15) is 0 Å². The summed E-state index contributed by atoms with van der Waals surface area (Å²) in [5, 5.41) is 5.72. The first-order valence-electron chi connectivity index (χ1n) is 7.36. The lowest BCUT2D eigenvalue weighted by atomic mass is 10.2. The van der Waals surface area contributed by atoms with Crippen LogP contribution in [-0.2, 0) is 6.54 Å². The minimum absolute atomic E-state index is 0.137. The zero-order chi connectivity index (χ0) is 16.8. The van der Waals surface area contributed by atoms with Gasteiger partial charge in [0.05, 0.1) is 16.9 Å². The molecule has 2 aromatic heterocycles. The van der Waals surface area contributed by atoms with E-state index in [1.807, 2.05) is 12.1 Å². The highest BCUT2D eigenvalue weighted by Crippen LogP contribution is 2.15. The van der Waals surface area contributed by atoms with Crippen LogP contribution in [0.15, 0.2) is 67.3 Å². The van der Waals surface area contributed by atoms with Crippen molar-refractivity contribution >= 4 is 17.3 Å². The van der Waals surface area contributed by atoms with E-state index in [9.17, 15) is 9.18 Å². The molecule has 0 bridgehead atoms. The molecule has 3 aromatic rings. The average molecular weight is 322 g/mol. The van der Waals surface area contributed by atoms with Crippen LogP contribution in [0.2, 0.25) is 0 Å². The van der Waals surface area contributed by atoms with Crippen LogP contribution in [0.4, 0.5) is 15.8 Å². The number of pyridine rings is 2. The van der Waals surface area contributed by atoms with Crippen molar-refractivity contribution in [2.75, 3.05) is 10.6 Å². The van der Waals surface area contributed by atoms with Crippen molar-refractivity contribution in [2.45, 2.75) is 6.54 Å². The van der Waals surface area contributed by atoms with Crippen molar-refractivity contribution in [1.82, 2.24) is 9.97 Å². The fraction of sp³-hybridized carbons (Fsp3) is 0.0556. The van der Waals surface area contributed by atoms with Crippen LogP contribution < -0.4 is 10.6 Å². The summed E-state index contributed by atoms with van der Waals surface area (Å²) in [4.78, 5) is 20.3. The zero-order valence-corrected chi connectivity index (χ0v) is 12.7. The van der Waals surface area contributed by atoms with Gasteiger partial charge in [-0.3, -0.25) is 14.8 Å². The quantitative estimate of drug-likeness (QED) is 0.755. The number of anilines is 2. The molecule has 2 N–H and O–H groups in total. The highest BCUT2D eigenvalue weighted by molar-refractivity contribution is 6.04. The Kier molecular flexibility index (Phi) is 4.76. The van der Waals surface area contributed by atoms with Crippen LogP contribution in [0.5, 0.6) is 0 Å². The Bertz CT molecular complexity index is 839. The number of carbonyl (C=O) groups excluding carboxylic acids is 1. The van der Waals surface area contributed by atoms with Crippen LogP contribution in [0.3, 0.4) is 0 Å². The van der Waals surface area contributed by atoms with Crippen LogP contribution in [0.25, 0.3) is 0 Å². The molecule has 0 saturated heterocycles. The molecule has 120 valence electrons. The first-order valence-corrected chi connectivity index (χ1v) is 7.36. The lowest BCUT2D eigenvalue weighted by molar-refractivity contribution is 0.102. The highest BCUT2D eigenvalue weighted by Gasteiger charge is 2.10. The molecule has 2 heterocycles. The third kappa shape index (κ3) is 3.92. The van der Waals surface area contributed by atoms with Crippen molar-refractivity contribution in [1.29, 1.82) is 0 Å². The topological polar surface area (TPSA) is 66.9 Å². The Morgan fingerprint density at radius 2 is 1.83 bits per heavy atom. The van der Waals surface area contributed by atoms with Gasteiger partial charge in [0, 0.05) is 31.3 Å². The van der Waals surface area contributed by atoms with Crippen molar-refractivity contribution in [3.63, 3.8) is 0 Å². The molecule has 24 heavy (non-hydrogen) atoms. The van der Waals surface area contributed by atoms with Crippen molar-refractivity contribution < 1.29 is 9.18 Å². The molecule has 1 amide bonds. The van der Waals surface area contributed by atoms with Gasteiger partial charge in [-0.05, 0) is 35.9 Å². The fourth-order valence-corrected chi connectivity index (χ4v) is 2.12. The summed E-state index contributed by atoms with van der Waals surface area (Å²) >= 11 is 0. The van der Waals surface area contributed by atoms with Crippen molar-refractivity contribution in [3.05, 3.63) is 84.2 Å². The molecule has 0 unspecified atom stereocenters. The molecular weight excluding hydrogens is 307 g/mol. The van der Waals surface area contributed by atoms with E-state index < -0.39 is 11.7 Å². The smallest absolute Gasteiger partial charge is 0.257 e. The fourth-order valence-electron chi connectivity index (χ4n) is 2.12. The van der Waals surface area contributed by atoms with E-state index in [-0.39, 0.29) is 5.69 Å². The van der Waals surface area contributed by atoms with Gasteiger partial charge in [0.15, 0.2) is 0 Å². The molecule has 1 aromatic carbocycles. The zero-order valence-electron chi connectivity index (χ0n) is 12.7. The monoisotopic (exact) mass is 322 g/mol. The second-order valence-electron chi connectivity index (χ2n) is 5.11. The second-order valence-corrected chi connectivity index (χ2v) is 5.11. The number of nitrogens with zero attached hydrogens (tertiary/aromatic N) is 2. The third-order valence-corrected chi connectivity index (χ3v) is 3.37. The summed E-state index contributed by atoms with van der Waals surface area (Å²) in [7, 11) is 0. The molecule has 0 saturated carbocycles. The maximum atomic E-state index is 13.6. The molecule has 6 heteroatoms. The number of para-hydroxylation sites is 1. The predicted molar refractivity (Wildman–Crippen MR) is 90.2 cm³/mol. The number of rotatable bonds is 5. The molecule has 0 atom stereocenters. The molecule has 0 spiro atoms. The van der Waals surface area contributed by atoms with Crippen molar-refractivity contribution in [3.8, 4) is 0 Å². The van der Waals surface area contributed by atoms with E-state index in [4.69, 9.17) is 0 Å². The lowest BCUT2D eigenvalue weighted by Crippen LogP contribution is -2.13. The highest BCUT2D eigenvalue weighted by atomic mass is 19.1. The van der Waals surface area contributed by atoms with E-state index in [1.54, 1.807) is 36.8 Å². The normalized spacial score (nSPS) is 10.2. The summed E-state index contributed by atoms with van der Waals surface area (Å²) in [5.41, 5.74) is 2.25. The average Bonchev–Trinajstić information content (AvgIpc) is 2.63. The first kappa shape index (κ1) is 15.6. The van der Waals surface area contributed by atoms with Crippen LogP contribution >= 0.6 is 0 Å². The van der Waals surface area contributed by atoms with Crippen molar-refractivity contribution in [2.24, 2.45) is 0 Å². The number of benzene rings is 1. The van der Waals surface area contributed by atoms with Gasteiger partial charge in [-0.1, -0.05) is 12.1 Å². The lowest BCUT2D eigenvalue weighted by Gasteiger charge is -2.09. The van der Waals surface area contributed by atoms with E-state index in [0.29, 0.717) is 17.8 Å². The number of amides is 1. The van der Waals surface area contributed by atoms with E-state index in [1.165, 1.54) is 18.3 Å². The van der Waals surface area contributed by atoms with E-state index in [2.05, 4.69) is 20.6 Å². The van der Waals surface area contributed by atoms with Gasteiger partial charge in [-0.15, -0.1) is 0 Å². The molecule has 0 aliphatic rings. The molecule has 0 aliphatic heterocycles.